The summed E-state index contributed by atoms with van der Waals surface area (Å²) < 4.78 is 0. The molecule has 0 radical (unpaired) electrons. The van der Waals surface area contributed by atoms with Gasteiger partial charge < -0.3 is 5.01 Å². The quantitative estimate of drug-likeness (QED) is 0.313. The fourth-order valence-corrected chi connectivity index (χ4v) is 1.51. The third-order valence-electron chi connectivity index (χ3n) is 2.40. The van der Waals surface area contributed by atoms with E-state index in [4.69, 9.17) is 0 Å². The zero-order valence-corrected chi connectivity index (χ0v) is 10.6. The number of hydrogen-bond acceptors (Lipinski definition) is 3. The summed E-state index contributed by atoms with van der Waals surface area (Å²) >= 11 is 0. The molecule has 0 aliphatic heterocycles. The van der Waals surface area contributed by atoms with E-state index < -0.39 is 0 Å². The Kier molecular flexibility index (Phi) is 6.00. The molecule has 3 heteroatoms. The van der Waals surface area contributed by atoms with Crippen LogP contribution in [0.5, 0.6) is 0 Å². The van der Waals surface area contributed by atoms with Gasteiger partial charge in [0.15, 0.2) is 5.78 Å². The SMILES string of the molecule is CN(C)/N=C\CCCCC(=O)c1ccccc1. The molecule has 0 saturated carbocycles. The molecular weight excluding hydrogens is 212 g/mol. The largest absolute Gasteiger partial charge is 0.303 e. The molecule has 17 heavy (non-hydrogen) atoms. The number of benzene rings is 1. The molecular formula is C14H20N2O. The Morgan fingerprint density at radius 2 is 1.94 bits per heavy atom. The van der Waals surface area contributed by atoms with Crippen molar-refractivity contribution >= 4 is 12.0 Å². The highest BCUT2D eigenvalue weighted by Crippen LogP contribution is 2.07. The van der Waals surface area contributed by atoms with Crippen molar-refractivity contribution < 1.29 is 4.79 Å². The van der Waals surface area contributed by atoms with Crippen LogP contribution in [0.3, 0.4) is 0 Å². The topological polar surface area (TPSA) is 32.7 Å². The fraction of sp³-hybridized carbons (Fsp3) is 0.429. The second-order valence-corrected chi connectivity index (χ2v) is 4.18. The monoisotopic (exact) mass is 232 g/mol. The average Bonchev–Trinajstić information content (AvgIpc) is 2.34. The summed E-state index contributed by atoms with van der Waals surface area (Å²) in [5, 5.41) is 5.90. The zero-order valence-electron chi connectivity index (χ0n) is 10.6. The van der Waals surface area contributed by atoms with Crippen LogP contribution in [0.4, 0.5) is 0 Å². The molecule has 0 amide bonds. The molecule has 0 aromatic heterocycles. The summed E-state index contributed by atoms with van der Waals surface area (Å²) in [6.07, 6.45) is 5.39. The van der Waals surface area contributed by atoms with Crippen LogP contribution in [0.2, 0.25) is 0 Å². The van der Waals surface area contributed by atoms with Gasteiger partial charge in [-0.3, -0.25) is 4.79 Å². The van der Waals surface area contributed by atoms with Gasteiger partial charge in [-0.05, 0) is 19.3 Å². The summed E-state index contributed by atoms with van der Waals surface area (Å²) in [5.74, 6) is 0.232. The van der Waals surface area contributed by atoms with E-state index in [-0.39, 0.29) is 5.78 Å². The number of hydrogen-bond donors (Lipinski definition) is 0. The van der Waals surface area contributed by atoms with Crippen molar-refractivity contribution in [3.63, 3.8) is 0 Å². The van der Waals surface area contributed by atoms with Crippen LogP contribution >= 0.6 is 0 Å². The molecule has 0 N–H and O–H groups in total. The first-order valence-electron chi connectivity index (χ1n) is 5.98. The Bertz CT molecular complexity index is 358. The standard InChI is InChI=1S/C14H20N2O/c1-16(2)15-12-8-4-7-11-14(17)13-9-5-3-6-10-13/h3,5-6,9-10,12H,4,7-8,11H2,1-2H3/b15-12-. The maximum absolute atomic E-state index is 11.7. The molecule has 1 aromatic rings. The highest BCUT2D eigenvalue weighted by molar-refractivity contribution is 5.95. The van der Waals surface area contributed by atoms with Crippen LogP contribution < -0.4 is 0 Å². The minimum absolute atomic E-state index is 0.232. The van der Waals surface area contributed by atoms with Gasteiger partial charge in [-0.2, -0.15) is 5.10 Å². The Hall–Kier alpha value is -1.64. The molecule has 0 spiro atoms. The number of carbonyl (C=O) groups is 1. The first-order valence-corrected chi connectivity index (χ1v) is 5.98. The van der Waals surface area contributed by atoms with Gasteiger partial charge in [0.25, 0.3) is 0 Å². The molecule has 0 bridgehead atoms. The summed E-state index contributed by atoms with van der Waals surface area (Å²) in [4.78, 5) is 11.7. The number of ketones is 1. The molecule has 0 aliphatic carbocycles. The van der Waals surface area contributed by atoms with E-state index >= 15 is 0 Å². The third-order valence-corrected chi connectivity index (χ3v) is 2.40. The lowest BCUT2D eigenvalue weighted by atomic mass is 10.1. The van der Waals surface area contributed by atoms with E-state index in [2.05, 4.69) is 5.10 Å². The Morgan fingerprint density at radius 3 is 2.59 bits per heavy atom. The van der Waals surface area contributed by atoms with Gasteiger partial charge in [-0.25, -0.2) is 0 Å². The minimum atomic E-state index is 0.232. The first-order chi connectivity index (χ1) is 8.20. The van der Waals surface area contributed by atoms with E-state index in [0.29, 0.717) is 6.42 Å². The third kappa shape index (κ3) is 5.85. The Balaban J connectivity index is 2.17. The highest BCUT2D eigenvalue weighted by atomic mass is 16.1. The number of Topliss-reactive ketones (excluding diaryl/α,β-unsaturated/α-hetero) is 1. The summed E-state index contributed by atoms with van der Waals surface area (Å²) in [6, 6.07) is 9.47. The van der Waals surface area contributed by atoms with Crippen LogP contribution in [0.1, 0.15) is 36.0 Å². The second kappa shape index (κ2) is 7.60. The Labute approximate surface area is 103 Å². The van der Waals surface area contributed by atoms with E-state index in [1.165, 1.54) is 0 Å². The molecule has 1 rings (SSSR count). The van der Waals surface area contributed by atoms with Gasteiger partial charge in [-0.15, -0.1) is 0 Å². The van der Waals surface area contributed by atoms with Gasteiger partial charge >= 0.3 is 0 Å². The number of rotatable bonds is 7. The number of hydrazone groups is 1. The minimum Gasteiger partial charge on any atom is -0.303 e. The molecule has 3 nitrogen and oxygen atoms in total. The molecule has 1 aromatic carbocycles. The molecule has 0 unspecified atom stereocenters. The maximum Gasteiger partial charge on any atom is 0.162 e. The van der Waals surface area contributed by atoms with Gasteiger partial charge in [0.05, 0.1) is 0 Å². The highest BCUT2D eigenvalue weighted by Gasteiger charge is 2.03. The van der Waals surface area contributed by atoms with Crippen molar-refractivity contribution in [1.29, 1.82) is 0 Å². The summed E-state index contributed by atoms with van der Waals surface area (Å²) in [7, 11) is 3.80. The lowest BCUT2D eigenvalue weighted by molar-refractivity contribution is 0.0979. The van der Waals surface area contributed by atoms with Crippen molar-refractivity contribution in [2.75, 3.05) is 14.1 Å². The number of nitrogens with zero attached hydrogens (tertiary/aromatic N) is 2. The molecule has 92 valence electrons. The van der Waals surface area contributed by atoms with E-state index in [1.54, 1.807) is 5.01 Å². The number of carbonyl (C=O) groups excluding carboxylic acids is 1. The van der Waals surface area contributed by atoms with E-state index in [9.17, 15) is 4.79 Å². The van der Waals surface area contributed by atoms with Crippen LogP contribution in [0, 0.1) is 0 Å². The van der Waals surface area contributed by atoms with E-state index in [1.807, 2.05) is 50.6 Å². The lowest BCUT2D eigenvalue weighted by Crippen LogP contribution is -2.01. The molecule has 0 fully saturated rings. The smallest absolute Gasteiger partial charge is 0.162 e. The first kappa shape index (κ1) is 13.4. The van der Waals surface area contributed by atoms with Crippen LogP contribution in [-0.2, 0) is 0 Å². The van der Waals surface area contributed by atoms with Crippen LogP contribution in [0.15, 0.2) is 35.4 Å². The van der Waals surface area contributed by atoms with Gasteiger partial charge in [0, 0.05) is 32.3 Å². The van der Waals surface area contributed by atoms with Gasteiger partial charge in [-0.1, -0.05) is 30.3 Å². The van der Waals surface area contributed by atoms with Crippen molar-refractivity contribution in [2.45, 2.75) is 25.7 Å². The second-order valence-electron chi connectivity index (χ2n) is 4.18. The van der Waals surface area contributed by atoms with Crippen molar-refractivity contribution in [2.24, 2.45) is 5.10 Å². The van der Waals surface area contributed by atoms with E-state index in [0.717, 1.165) is 24.8 Å². The Morgan fingerprint density at radius 1 is 1.24 bits per heavy atom. The normalized spacial score (nSPS) is 10.7. The van der Waals surface area contributed by atoms with Crippen molar-refractivity contribution in [3.8, 4) is 0 Å². The van der Waals surface area contributed by atoms with Crippen LogP contribution in [0.25, 0.3) is 0 Å². The summed E-state index contributed by atoms with van der Waals surface area (Å²) in [6.45, 7) is 0. The number of unbranched alkanes of at least 4 members (excludes halogenated alkanes) is 2. The molecule has 0 aliphatic rings. The maximum atomic E-state index is 11.7. The van der Waals surface area contributed by atoms with Crippen molar-refractivity contribution in [1.82, 2.24) is 5.01 Å². The average molecular weight is 232 g/mol. The van der Waals surface area contributed by atoms with Crippen molar-refractivity contribution in [3.05, 3.63) is 35.9 Å². The molecule has 0 heterocycles. The zero-order chi connectivity index (χ0) is 12.5. The molecule has 0 atom stereocenters. The van der Waals surface area contributed by atoms with Gasteiger partial charge in [0.1, 0.15) is 0 Å². The van der Waals surface area contributed by atoms with Crippen LogP contribution in [-0.4, -0.2) is 31.1 Å². The molecule has 0 saturated heterocycles. The summed E-state index contributed by atoms with van der Waals surface area (Å²) in [5.41, 5.74) is 0.814. The predicted molar refractivity (Wildman–Crippen MR) is 71.4 cm³/mol. The predicted octanol–water partition coefficient (Wildman–Crippen LogP) is 2.98. The fourth-order valence-electron chi connectivity index (χ4n) is 1.51. The lowest BCUT2D eigenvalue weighted by Gasteiger charge is -2.02. The van der Waals surface area contributed by atoms with Gasteiger partial charge in [0.2, 0.25) is 0 Å².